The van der Waals surface area contributed by atoms with E-state index in [1.54, 1.807) is 13.8 Å². The molecule has 14 heavy (non-hydrogen) atoms. The van der Waals surface area contributed by atoms with Crippen LogP contribution in [0.3, 0.4) is 0 Å². The first-order valence-corrected chi connectivity index (χ1v) is 4.36. The third-order valence-electron chi connectivity index (χ3n) is 2.25. The Morgan fingerprint density at radius 1 is 1.21 bits per heavy atom. The molecule has 0 spiro atoms. The normalized spacial score (nSPS) is 16.6. The molecule has 0 amide bonds. The Morgan fingerprint density at radius 3 is 1.86 bits per heavy atom. The molecule has 0 aromatic rings. The van der Waals surface area contributed by atoms with Crippen LogP contribution in [0, 0.1) is 17.8 Å². The number of halogens is 3. The first kappa shape index (κ1) is 13.3. The fourth-order valence-electron chi connectivity index (χ4n) is 1.39. The van der Waals surface area contributed by atoms with Crippen LogP contribution in [-0.4, -0.2) is 19.3 Å². The number of methoxy groups -OCH3 is 1. The Hall–Kier alpha value is -0.740. The van der Waals surface area contributed by atoms with Gasteiger partial charge in [-0.1, -0.05) is 20.8 Å². The Kier molecular flexibility index (Phi) is 4.42. The van der Waals surface area contributed by atoms with E-state index in [2.05, 4.69) is 4.74 Å². The molecule has 2 atom stereocenters. The minimum Gasteiger partial charge on any atom is -0.469 e. The quantitative estimate of drug-likeness (QED) is 0.672. The molecule has 84 valence electrons. The second kappa shape index (κ2) is 4.66. The predicted molar refractivity (Wildman–Crippen MR) is 45.6 cm³/mol. The molecule has 0 aliphatic rings. The number of alkyl halides is 3. The van der Waals surface area contributed by atoms with Crippen molar-refractivity contribution in [2.24, 2.45) is 17.8 Å². The smallest absolute Gasteiger partial charge is 0.392 e. The van der Waals surface area contributed by atoms with E-state index < -0.39 is 24.0 Å². The zero-order chi connectivity index (χ0) is 11.5. The third kappa shape index (κ3) is 3.20. The molecule has 5 heteroatoms. The Balaban J connectivity index is 4.75. The summed E-state index contributed by atoms with van der Waals surface area (Å²) in [6.07, 6.45) is -4.36. The van der Waals surface area contributed by atoms with Crippen molar-refractivity contribution in [3.05, 3.63) is 0 Å². The summed E-state index contributed by atoms with van der Waals surface area (Å²) in [4.78, 5) is 11.1. The highest BCUT2D eigenvalue weighted by atomic mass is 19.4. The molecule has 0 aliphatic heterocycles. The predicted octanol–water partition coefficient (Wildman–Crippen LogP) is 2.63. The zero-order valence-electron chi connectivity index (χ0n) is 8.68. The van der Waals surface area contributed by atoms with Gasteiger partial charge in [-0.3, -0.25) is 4.79 Å². The van der Waals surface area contributed by atoms with Crippen LogP contribution >= 0.6 is 0 Å². The van der Waals surface area contributed by atoms with E-state index in [0.717, 1.165) is 14.0 Å². The minimum absolute atomic E-state index is 0.390. The minimum atomic E-state index is -4.36. The van der Waals surface area contributed by atoms with Crippen molar-refractivity contribution in [1.82, 2.24) is 0 Å². The average Bonchev–Trinajstić information content (AvgIpc) is 2.01. The Bertz CT molecular complexity index is 199. The van der Waals surface area contributed by atoms with E-state index in [1.165, 1.54) is 0 Å². The molecule has 0 bridgehead atoms. The summed E-state index contributed by atoms with van der Waals surface area (Å²) in [7, 11) is 1.10. The fraction of sp³-hybridized carbons (Fsp3) is 0.889. The van der Waals surface area contributed by atoms with Crippen molar-refractivity contribution in [2.75, 3.05) is 7.11 Å². The molecule has 0 rings (SSSR count). The standard InChI is InChI=1S/C9H15F3O2/c1-5(2)7(8(13)14-4)6(3)9(10,11)12/h5-7H,1-4H3. The van der Waals surface area contributed by atoms with Crippen molar-refractivity contribution in [2.45, 2.75) is 26.9 Å². The van der Waals surface area contributed by atoms with E-state index in [9.17, 15) is 18.0 Å². The van der Waals surface area contributed by atoms with E-state index >= 15 is 0 Å². The van der Waals surface area contributed by atoms with Crippen LogP contribution in [0.15, 0.2) is 0 Å². The van der Waals surface area contributed by atoms with E-state index in [4.69, 9.17) is 0 Å². The van der Waals surface area contributed by atoms with Gasteiger partial charge in [0.1, 0.15) is 0 Å². The molecule has 2 unspecified atom stereocenters. The van der Waals surface area contributed by atoms with Crippen molar-refractivity contribution in [3.63, 3.8) is 0 Å². The van der Waals surface area contributed by atoms with Crippen LogP contribution in [0.2, 0.25) is 0 Å². The van der Waals surface area contributed by atoms with Crippen molar-refractivity contribution >= 4 is 5.97 Å². The molecule has 0 radical (unpaired) electrons. The number of carbonyl (C=O) groups excluding carboxylic acids is 1. The molecule has 0 heterocycles. The second-order valence-electron chi connectivity index (χ2n) is 3.62. The highest BCUT2D eigenvalue weighted by Crippen LogP contribution is 2.35. The summed E-state index contributed by atoms with van der Waals surface area (Å²) >= 11 is 0. The van der Waals surface area contributed by atoms with Crippen LogP contribution in [0.5, 0.6) is 0 Å². The topological polar surface area (TPSA) is 26.3 Å². The first-order chi connectivity index (χ1) is 6.21. The van der Waals surface area contributed by atoms with Gasteiger partial charge in [0.2, 0.25) is 0 Å². The van der Waals surface area contributed by atoms with Crippen LogP contribution in [0.25, 0.3) is 0 Å². The van der Waals surface area contributed by atoms with Gasteiger partial charge in [0, 0.05) is 0 Å². The molecule has 0 N–H and O–H groups in total. The maximum Gasteiger partial charge on any atom is 0.392 e. The van der Waals surface area contributed by atoms with Crippen molar-refractivity contribution in [1.29, 1.82) is 0 Å². The van der Waals surface area contributed by atoms with Gasteiger partial charge < -0.3 is 4.74 Å². The van der Waals surface area contributed by atoms with Crippen LogP contribution < -0.4 is 0 Å². The zero-order valence-corrected chi connectivity index (χ0v) is 8.68. The van der Waals surface area contributed by atoms with E-state index in [-0.39, 0.29) is 5.92 Å². The lowest BCUT2D eigenvalue weighted by Gasteiger charge is -2.26. The number of carbonyl (C=O) groups is 1. The van der Waals surface area contributed by atoms with Gasteiger partial charge in [-0.15, -0.1) is 0 Å². The van der Waals surface area contributed by atoms with E-state index in [0.29, 0.717) is 0 Å². The van der Waals surface area contributed by atoms with Gasteiger partial charge in [-0.25, -0.2) is 0 Å². The number of esters is 1. The summed E-state index contributed by atoms with van der Waals surface area (Å²) in [5.74, 6) is -3.99. The lowest BCUT2D eigenvalue weighted by atomic mass is 9.84. The molecule has 0 saturated heterocycles. The molecular formula is C9H15F3O2. The van der Waals surface area contributed by atoms with Gasteiger partial charge in [-0.2, -0.15) is 13.2 Å². The monoisotopic (exact) mass is 212 g/mol. The first-order valence-electron chi connectivity index (χ1n) is 4.36. The van der Waals surface area contributed by atoms with Gasteiger partial charge in [0.15, 0.2) is 0 Å². The summed E-state index contributed by atoms with van der Waals surface area (Å²) in [6, 6.07) is 0. The van der Waals surface area contributed by atoms with Gasteiger partial charge in [-0.05, 0) is 5.92 Å². The van der Waals surface area contributed by atoms with Gasteiger partial charge >= 0.3 is 12.1 Å². The van der Waals surface area contributed by atoms with Crippen LogP contribution in [0.1, 0.15) is 20.8 Å². The maximum atomic E-state index is 12.3. The largest absolute Gasteiger partial charge is 0.469 e. The summed E-state index contributed by atoms with van der Waals surface area (Å²) < 4.78 is 41.4. The molecule has 0 aromatic heterocycles. The Morgan fingerprint density at radius 2 is 1.64 bits per heavy atom. The number of hydrogen-bond acceptors (Lipinski definition) is 2. The number of ether oxygens (including phenoxy) is 1. The van der Waals surface area contributed by atoms with Gasteiger partial charge in [0.25, 0.3) is 0 Å². The van der Waals surface area contributed by atoms with Gasteiger partial charge in [0.05, 0.1) is 18.9 Å². The summed E-state index contributed by atoms with van der Waals surface area (Å²) in [5.41, 5.74) is 0. The lowest BCUT2D eigenvalue weighted by Crippen LogP contribution is -2.36. The Labute approximate surface area is 81.4 Å². The highest BCUT2D eigenvalue weighted by molar-refractivity contribution is 5.73. The SMILES string of the molecule is COC(=O)C(C(C)C)C(C)C(F)(F)F. The summed E-state index contributed by atoms with van der Waals surface area (Å²) in [6.45, 7) is 4.15. The second-order valence-corrected chi connectivity index (χ2v) is 3.62. The molecular weight excluding hydrogens is 197 g/mol. The van der Waals surface area contributed by atoms with E-state index in [1.807, 2.05) is 0 Å². The molecule has 0 fully saturated rings. The molecule has 0 aliphatic carbocycles. The third-order valence-corrected chi connectivity index (χ3v) is 2.25. The molecule has 0 saturated carbocycles. The fourth-order valence-corrected chi connectivity index (χ4v) is 1.39. The molecule has 2 nitrogen and oxygen atoms in total. The average molecular weight is 212 g/mol. The highest BCUT2D eigenvalue weighted by Gasteiger charge is 2.45. The van der Waals surface area contributed by atoms with Crippen molar-refractivity contribution in [3.8, 4) is 0 Å². The molecule has 0 aromatic carbocycles. The van der Waals surface area contributed by atoms with Crippen LogP contribution in [0.4, 0.5) is 13.2 Å². The maximum absolute atomic E-state index is 12.3. The number of rotatable bonds is 3. The summed E-state index contributed by atoms with van der Waals surface area (Å²) in [5, 5.41) is 0. The number of hydrogen-bond donors (Lipinski definition) is 0. The lowest BCUT2D eigenvalue weighted by molar-refractivity contribution is -0.197. The van der Waals surface area contributed by atoms with Crippen LogP contribution in [-0.2, 0) is 9.53 Å². The van der Waals surface area contributed by atoms with Crippen molar-refractivity contribution < 1.29 is 22.7 Å².